The zero-order valence-corrected chi connectivity index (χ0v) is 11.0. The van der Waals surface area contributed by atoms with Crippen LogP contribution in [0.1, 0.15) is 37.0 Å². The van der Waals surface area contributed by atoms with E-state index in [1.54, 1.807) is 0 Å². The quantitative estimate of drug-likeness (QED) is 0.720. The summed E-state index contributed by atoms with van der Waals surface area (Å²) in [5.74, 6) is 0. The van der Waals surface area contributed by atoms with Gasteiger partial charge in [0.15, 0.2) is 0 Å². The lowest BCUT2D eigenvalue weighted by Crippen LogP contribution is -2.22. The summed E-state index contributed by atoms with van der Waals surface area (Å²) in [7, 11) is 0. The summed E-state index contributed by atoms with van der Waals surface area (Å²) in [6.07, 6.45) is 1.16. The van der Waals surface area contributed by atoms with Crippen molar-refractivity contribution in [2.24, 2.45) is 0 Å². The van der Waals surface area contributed by atoms with Gasteiger partial charge in [-0.2, -0.15) is 0 Å². The molecule has 1 rings (SSSR count). The second kappa shape index (κ2) is 5.74. The Morgan fingerprint density at radius 1 is 1.25 bits per heavy atom. The molecule has 0 saturated heterocycles. The maximum Gasteiger partial charge on any atom is 0.0369 e. The maximum absolute atomic E-state index is 4.24. The fourth-order valence-electron chi connectivity index (χ4n) is 1.97. The normalized spacial score (nSPS) is 10.2. The number of hydrogen-bond donors (Lipinski definition) is 0. The highest BCUT2D eigenvalue weighted by Crippen LogP contribution is 2.22. The summed E-state index contributed by atoms with van der Waals surface area (Å²) >= 11 is 0. The molecule has 0 aliphatic heterocycles. The number of nitrogens with zero attached hydrogens (tertiary/aromatic N) is 1. The molecule has 0 bridgehead atoms. The molecule has 0 aliphatic rings. The molecule has 0 heterocycles. The molecule has 0 aromatic heterocycles. The molecule has 88 valence electrons. The highest BCUT2D eigenvalue weighted by Gasteiger charge is 2.09. The summed E-state index contributed by atoms with van der Waals surface area (Å²) in [5, 5.41) is 0. The van der Waals surface area contributed by atoms with Gasteiger partial charge in [0, 0.05) is 24.4 Å². The summed E-state index contributed by atoms with van der Waals surface area (Å²) in [6.45, 7) is 15.0. The van der Waals surface area contributed by atoms with Gasteiger partial charge in [-0.15, -0.1) is 0 Å². The molecule has 0 unspecified atom stereocenters. The first-order chi connectivity index (χ1) is 7.60. The molecular weight excluding hydrogens is 194 g/mol. The predicted octanol–water partition coefficient (Wildman–Crippen LogP) is 4.01. The summed E-state index contributed by atoms with van der Waals surface area (Å²) in [4.78, 5) is 2.35. The standard InChI is InChI=1S/C15H23N/c1-6-10-16(7-2)14(5)15-11-12(3)8-9-13(15)4/h8-9,11H,5-7,10H2,1-4H3. The SMILES string of the molecule is C=C(c1cc(C)ccc1C)N(CC)CCC. The lowest BCUT2D eigenvalue weighted by Gasteiger charge is -2.26. The molecule has 0 spiro atoms. The molecule has 0 fully saturated rings. The number of rotatable bonds is 5. The van der Waals surface area contributed by atoms with Gasteiger partial charge in [0.2, 0.25) is 0 Å². The first-order valence-electron chi connectivity index (χ1n) is 6.11. The molecule has 0 amide bonds. The van der Waals surface area contributed by atoms with E-state index in [1.165, 1.54) is 16.7 Å². The van der Waals surface area contributed by atoms with Crippen molar-refractivity contribution >= 4 is 5.70 Å². The molecule has 16 heavy (non-hydrogen) atoms. The van der Waals surface area contributed by atoms with Crippen LogP contribution in [0.25, 0.3) is 5.70 Å². The molecular formula is C15H23N. The van der Waals surface area contributed by atoms with E-state index >= 15 is 0 Å². The molecule has 0 saturated carbocycles. The van der Waals surface area contributed by atoms with Gasteiger partial charge in [-0.3, -0.25) is 0 Å². The average Bonchev–Trinajstić information content (AvgIpc) is 2.28. The maximum atomic E-state index is 4.24. The second-order valence-corrected chi connectivity index (χ2v) is 4.34. The summed E-state index contributed by atoms with van der Waals surface area (Å²) in [5.41, 5.74) is 5.06. The van der Waals surface area contributed by atoms with Crippen molar-refractivity contribution in [2.75, 3.05) is 13.1 Å². The van der Waals surface area contributed by atoms with Crippen molar-refractivity contribution in [2.45, 2.75) is 34.1 Å². The number of hydrogen-bond acceptors (Lipinski definition) is 1. The minimum atomic E-state index is 1.03. The Kier molecular flexibility index (Phi) is 4.60. The molecule has 1 nitrogen and oxygen atoms in total. The van der Waals surface area contributed by atoms with Crippen molar-refractivity contribution in [1.29, 1.82) is 0 Å². The van der Waals surface area contributed by atoms with Gasteiger partial charge >= 0.3 is 0 Å². The van der Waals surface area contributed by atoms with Crippen LogP contribution in [0.4, 0.5) is 0 Å². The van der Waals surface area contributed by atoms with E-state index in [-0.39, 0.29) is 0 Å². The van der Waals surface area contributed by atoms with Crippen molar-refractivity contribution in [3.05, 3.63) is 41.5 Å². The lowest BCUT2D eigenvalue weighted by atomic mass is 10.0. The Hall–Kier alpha value is -1.24. The van der Waals surface area contributed by atoms with E-state index in [0.29, 0.717) is 0 Å². The van der Waals surface area contributed by atoms with Crippen LogP contribution in [-0.4, -0.2) is 18.0 Å². The molecule has 0 N–H and O–H groups in total. The molecule has 0 atom stereocenters. The smallest absolute Gasteiger partial charge is 0.0369 e. The van der Waals surface area contributed by atoms with E-state index in [9.17, 15) is 0 Å². The first-order valence-corrected chi connectivity index (χ1v) is 6.11. The third-order valence-electron chi connectivity index (χ3n) is 2.96. The zero-order valence-electron chi connectivity index (χ0n) is 11.0. The minimum absolute atomic E-state index is 1.03. The van der Waals surface area contributed by atoms with Crippen molar-refractivity contribution in [3.63, 3.8) is 0 Å². The number of benzene rings is 1. The highest BCUT2D eigenvalue weighted by atomic mass is 15.1. The monoisotopic (exact) mass is 217 g/mol. The average molecular weight is 217 g/mol. The Balaban J connectivity index is 2.98. The Bertz CT molecular complexity index is 366. The van der Waals surface area contributed by atoms with Crippen molar-refractivity contribution in [3.8, 4) is 0 Å². The third kappa shape index (κ3) is 2.88. The van der Waals surface area contributed by atoms with Gasteiger partial charge in [0.1, 0.15) is 0 Å². The molecule has 0 radical (unpaired) electrons. The van der Waals surface area contributed by atoms with Crippen LogP contribution in [0, 0.1) is 13.8 Å². The Labute approximate surface area is 99.8 Å². The lowest BCUT2D eigenvalue weighted by molar-refractivity contribution is 0.418. The van der Waals surface area contributed by atoms with E-state index < -0.39 is 0 Å². The summed E-state index contributed by atoms with van der Waals surface area (Å²) < 4.78 is 0. The van der Waals surface area contributed by atoms with Crippen LogP contribution in [0.2, 0.25) is 0 Å². The Morgan fingerprint density at radius 2 is 1.94 bits per heavy atom. The molecule has 1 aromatic carbocycles. The third-order valence-corrected chi connectivity index (χ3v) is 2.96. The van der Waals surface area contributed by atoms with Crippen LogP contribution >= 0.6 is 0 Å². The van der Waals surface area contributed by atoms with E-state index in [2.05, 4.69) is 57.4 Å². The van der Waals surface area contributed by atoms with E-state index in [1.807, 2.05) is 0 Å². The molecule has 1 heteroatoms. The van der Waals surface area contributed by atoms with Crippen molar-refractivity contribution < 1.29 is 0 Å². The van der Waals surface area contributed by atoms with Gasteiger partial charge in [-0.25, -0.2) is 0 Å². The fraction of sp³-hybridized carbons (Fsp3) is 0.467. The molecule has 1 aromatic rings. The highest BCUT2D eigenvalue weighted by molar-refractivity contribution is 5.65. The van der Waals surface area contributed by atoms with Crippen molar-refractivity contribution in [1.82, 2.24) is 4.90 Å². The van der Waals surface area contributed by atoms with Gasteiger partial charge in [-0.05, 0) is 38.8 Å². The van der Waals surface area contributed by atoms with Gasteiger partial charge in [0.25, 0.3) is 0 Å². The minimum Gasteiger partial charge on any atom is -0.372 e. The van der Waals surface area contributed by atoms with Crippen LogP contribution in [0.15, 0.2) is 24.8 Å². The largest absolute Gasteiger partial charge is 0.372 e. The van der Waals surface area contributed by atoms with Gasteiger partial charge in [-0.1, -0.05) is 31.2 Å². The topological polar surface area (TPSA) is 3.24 Å². The second-order valence-electron chi connectivity index (χ2n) is 4.34. The first kappa shape index (κ1) is 12.8. The van der Waals surface area contributed by atoms with E-state index in [4.69, 9.17) is 0 Å². The zero-order chi connectivity index (χ0) is 12.1. The van der Waals surface area contributed by atoms with Crippen LogP contribution in [0.3, 0.4) is 0 Å². The Morgan fingerprint density at radius 3 is 2.50 bits per heavy atom. The molecule has 0 aliphatic carbocycles. The van der Waals surface area contributed by atoms with Crippen LogP contribution in [0.5, 0.6) is 0 Å². The van der Waals surface area contributed by atoms with E-state index in [0.717, 1.165) is 25.2 Å². The predicted molar refractivity (Wildman–Crippen MR) is 72.5 cm³/mol. The van der Waals surface area contributed by atoms with Gasteiger partial charge in [0.05, 0.1) is 0 Å². The number of aryl methyl sites for hydroxylation is 2. The van der Waals surface area contributed by atoms with Crippen LogP contribution < -0.4 is 0 Å². The van der Waals surface area contributed by atoms with Crippen LogP contribution in [-0.2, 0) is 0 Å². The summed E-state index contributed by atoms with van der Waals surface area (Å²) in [6, 6.07) is 6.56. The van der Waals surface area contributed by atoms with Gasteiger partial charge < -0.3 is 4.90 Å². The fourth-order valence-corrected chi connectivity index (χ4v) is 1.97.